The molecule has 0 spiro atoms. The molecule has 0 saturated heterocycles. The number of ether oxygens (including phenoxy) is 3. The Bertz CT molecular complexity index is 1460. The van der Waals surface area contributed by atoms with Gasteiger partial charge >= 0.3 is 5.97 Å². The molecular formula is C26H21N3O6. The van der Waals surface area contributed by atoms with Crippen LogP contribution in [0.25, 0.3) is 10.9 Å². The number of aromatic nitrogens is 1. The van der Waals surface area contributed by atoms with E-state index >= 15 is 0 Å². The normalized spacial score (nSPS) is 11.8. The Hall–Kier alpha value is -4.79. The zero-order valence-electron chi connectivity index (χ0n) is 18.7. The van der Waals surface area contributed by atoms with Gasteiger partial charge in [0.25, 0.3) is 5.91 Å². The van der Waals surface area contributed by atoms with Crippen LogP contribution in [0.2, 0.25) is 0 Å². The van der Waals surface area contributed by atoms with Crippen LogP contribution in [0.4, 0.5) is 11.4 Å². The second kappa shape index (κ2) is 9.22. The Morgan fingerprint density at radius 2 is 1.69 bits per heavy atom. The monoisotopic (exact) mass is 471 g/mol. The fourth-order valence-electron chi connectivity index (χ4n) is 3.92. The first-order valence-corrected chi connectivity index (χ1v) is 10.8. The molecule has 1 aliphatic heterocycles. The molecule has 2 amide bonds. The lowest BCUT2D eigenvalue weighted by atomic mass is 10.2. The number of methoxy groups -OCH3 is 1. The molecule has 0 atom stereocenters. The second-order valence-corrected chi connectivity index (χ2v) is 7.83. The molecule has 0 aliphatic carbocycles. The largest absolute Gasteiger partial charge is 0.465 e. The molecule has 2 heterocycles. The van der Waals surface area contributed by atoms with Crippen LogP contribution in [0, 0.1) is 0 Å². The van der Waals surface area contributed by atoms with E-state index in [9.17, 15) is 14.4 Å². The number of rotatable bonds is 6. The van der Waals surface area contributed by atoms with Crippen molar-refractivity contribution in [2.24, 2.45) is 0 Å². The minimum Gasteiger partial charge on any atom is -0.465 e. The van der Waals surface area contributed by atoms with Crippen molar-refractivity contribution in [2.75, 3.05) is 24.5 Å². The summed E-state index contributed by atoms with van der Waals surface area (Å²) in [5, 5.41) is 6.36. The van der Waals surface area contributed by atoms with Gasteiger partial charge in [0.15, 0.2) is 11.5 Å². The fraction of sp³-hybridized carbons (Fsp3) is 0.115. The number of nitrogens with zero attached hydrogens (tertiary/aromatic N) is 1. The van der Waals surface area contributed by atoms with Crippen LogP contribution in [0.15, 0.2) is 72.9 Å². The number of hydrogen-bond donors (Lipinski definition) is 2. The highest BCUT2D eigenvalue weighted by molar-refractivity contribution is 6.06. The molecule has 9 nitrogen and oxygen atoms in total. The van der Waals surface area contributed by atoms with E-state index in [1.54, 1.807) is 53.2 Å². The van der Waals surface area contributed by atoms with Crippen molar-refractivity contribution in [1.29, 1.82) is 0 Å². The summed E-state index contributed by atoms with van der Waals surface area (Å²) in [5.41, 5.74) is 2.59. The number of para-hydroxylation sites is 1. The second-order valence-electron chi connectivity index (χ2n) is 7.83. The van der Waals surface area contributed by atoms with E-state index in [2.05, 4.69) is 10.6 Å². The Labute approximate surface area is 200 Å². The summed E-state index contributed by atoms with van der Waals surface area (Å²) in [4.78, 5) is 37.6. The van der Waals surface area contributed by atoms with Crippen molar-refractivity contribution >= 4 is 40.1 Å². The number of nitrogens with one attached hydrogen (secondary N) is 2. The summed E-state index contributed by atoms with van der Waals surface area (Å²) >= 11 is 0. The van der Waals surface area contributed by atoms with E-state index in [1.165, 1.54) is 7.11 Å². The molecule has 0 bridgehead atoms. The molecule has 0 fully saturated rings. The first-order valence-electron chi connectivity index (χ1n) is 10.8. The van der Waals surface area contributed by atoms with E-state index in [-0.39, 0.29) is 25.2 Å². The van der Waals surface area contributed by atoms with Crippen LogP contribution < -0.4 is 20.1 Å². The van der Waals surface area contributed by atoms with Crippen molar-refractivity contribution in [2.45, 2.75) is 6.54 Å². The standard InChI is InChI=1S/C26H21N3O6/c1-33-26(32)20-13-29(21-8-3-2-7-19(20)21)14-24(30)27-17-5-4-6-18(12-17)28-25(31)16-9-10-22-23(11-16)35-15-34-22/h2-13H,14-15H2,1H3,(H,27,30)(H,28,31). The molecule has 0 unspecified atom stereocenters. The molecule has 9 heteroatoms. The van der Waals surface area contributed by atoms with Gasteiger partial charge < -0.3 is 29.4 Å². The third-order valence-electron chi connectivity index (χ3n) is 5.55. The van der Waals surface area contributed by atoms with Crippen molar-refractivity contribution in [3.63, 3.8) is 0 Å². The highest BCUT2D eigenvalue weighted by Gasteiger charge is 2.18. The number of amides is 2. The maximum absolute atomic E-state index is 12.8. The number of hydrogen-bond acceptors (Lipinski definition) is 6. The van der Waals surface area contributed by atoms with Gasteiger partial charge in [0.05, 0.1) is 12.7 Å². The predicted molar refractivity (Wildman–Crippen MR) is 129 cm³/mol. The number of carbonyl (C=O) groups is 3. The van der Waals surface area contributed by atoms with Gasteiger partial charge in [-0.1, -0.05) is 24.3 Å². The Kier molecular flexibility index (Phi) is 5.80. The molecule has 35 heavy (non-hydrogen) atoms. The topological polar surface area (TPSA) is 108 Å². The zero-order chi connectivity index (χ0) is 24.4. The third kappa shape index (κ3) is 4.51. The van der Waals surface area contributed by atoms with Gasteiger partial charge in [-0.15, -0.1) is 0 Å². The Balaban J connectivity index is 1.28. The van der Waals surface area contributed by atoms with E-state index in [1.807, 2.05) is 24.3 Å². The van der Waals surface area contributed by atoms with Crippen LogP contribution >= 0.6 is 0 Å². The van der Waals surface area contributed by atoms with Gasteiger partial charge in [0.2, 0.25) is 12.7 Å². The highest BCUT2D eigenvalue weighted by atomic mass is 16.7. The first kappa shape index (κ1) is 22.0. The van der Waals surface area contributed by atoms with Crippen molar-refractivity contribution in [1.82, 2.24) is 4.57 Å². The van der Waals surface area contributed by atoms with E-state index < -0.39 is 5.97 Å². The van der Waals surface area contributed by atoms with Crippen LogP contribution in [0.3, 0.4) is 0 Å². The summed E-state index contributed by atoms with van der Waals surface area (Å²) in [6.07, 6.45) is 1.61. The maximum atomic E-state index is 12.8. The van der Waals surface area contributed by atoms with E-state index in [0.717, 1.165) is 5.52 Å². The van der Waals surface area contributed by atoms with Crippen molar-refractivity contribution < 1.29 is 28.6 Å². The lowest BCUT2D eigenvalue weighted by Gasteiger charge is -2.10. The lowest BCUT2D eigenvalue weighted by molar-refractivity contribution is -0.116. The smallest absolute Gasteiger partial charge is 0.340 e. The Morgan fingerprint density at radius 1 is 0.914 bits per heavy atom. The van der Waals surface area contributed by atoms with Crippen LogP contribution in [0.5, 0.6) is 11.5 Å². The van der Waals surface area contributed by atoms with Crippen molar-refractivity contribution in [3.8, 4) is 11.5 Å². The SMILES string of the molecule is COC(=O)c1cn(CC(=O)Nc2cccc(NC(=O)c3ccc4c(c3)OCO4)c2)c2ccccc12. The number of carbonyl (C=O) groups excluding carboxylic acids is 3. The zero-order valence-corrected chi connectivity index (χ0v) is 18.7. The maximum Gasteiger partial charge on any atom is 0.340 e. The quantitative estimate of drug-likeness (QED) is 0.411. The lowest BCUT2D eigenvalue weighted by Crippen LogP contribution is -2.18. The highest BCUT2D eigenvalue weighted by Crippen LogP contribution is 2.32. The molecule has 0 saturated carbocycles. The minimum absolute atomic E-state index is 0.00864. The van der Waals surface area contributed by atoms with Gasteiger partial charge in [-0.05, 0) is 42.5 Å². The van der Waals surface area contributed by atoms with E-state index in [4.69, 9.17) is 14.2 Å². The minimum atomic E-state index is -0.466. The number of anilines is 2. The number of fused-ring (bicyclic) bond motifs is 2. The Morgan fingerprint density at radius 3 is 2.51 bits per heavy atom. The summed E-state index contributed by atoms with van der Waals surface area (Å²) < 4.78 is 17.1. The van der Waals surface area contributed by atoms with Gasteiger partial charge in [0, 0.05) is 34.0 Å². The summed E-state index contributed by atoms with van der Waals surface area (Å²) in [7, 11) is 1.32. The molecule has 1 aliphatic rings. The summed E-state index contributed by atoms with van der Waals surface area (Å²) in [6, 6.07) is 19.1. The average molecular weight is 471 g/mol. The van der Waals surface area contributed by atoms with Crippen LogP contribution in [0.1, 0.15) is 20.7 Å². The summed E-state index contributed by atoms with van der Waals surface area (Å²) in [5.74, 6) is 0.0422. The van der Waals surface area contributed by atoms with Gasteiger partial charge in [-0.2, -0.15) is 0 Å². The summed E-state index contributed by atoms with van der Waals surface area (Å²) in [6.45, 7) is 0.121. The predicted octanol–water partition coefficient (Wildman–Crippen LogP) is 4.05. The van der Waals surface area contributed by atoms with Gasteiger partial charge in [-0.25, -0.2) is 4.79 Å². The van der Waals surface area contributed by atoms with Crippen LogP contribution in [-0.4, -0.2) is 36.3 Å². The number of esters is 1. The van der Waals surface area contributed by atoms with Crippen molar-refractivity contribution in [3.05, 3.63) is 84.1 Å². The molecule has 5 rings (SSSR count). The van der Waals surface area contributed by atoms with Gasteiger partial charge in [-0.3, -0.25) is 9.59 Å². The molecule has 2 N–H and O–H groups in total. The average Bonchev–Trinajstić information content (AvgIpc) is 3.48. The van der Waals surface area contributed by atoms with Crippen LogP contribution in [-0.2, 0) is 16.1 Å². The number of benzene rings is 3. The molecule has 3 aromatic carbocycles. The van der Waals surface area contributed by atoms with Gasteiger partial charge in [0.1, 0.15) is 6.54 Å². The fourth-order valence-corrected chi connectivity index (χ4v) is 3.92. The van der Waals surface area contributed by atoms with E-state index in [0.29, 0.717) is 39.4 Å². The first-order chi connectivity index (χ1) is 17.0. The molecule has 4 aromatic rings. The molecule has 176 valence electrons. The third-order valence-corrected chi connectivity index (χ3v) is 5.55. The molecule has 0 radical (unpaired) electrons. The molecule has 1 aromatic heterocycles. The molecular weight excluding hydrogens is 450 g/mol.